The van der Waals surface area contributed by atoms with Gasteiger partial charge in [0.1, 0.15) is 0 Å². The average Bonchev–Trinajstić information content (AvgIpc) is 2.03. The van der Waals surface area contributed by atoms with E-state index in [4.69, 9.17) is 0 Å². The van der Waals surface area contributed by atoms with Gasteiger partial charge < -0.3 is 0 Å². The van der Waals surface area contributed by atoms with Crippen LogP contribution in [0.5, 0.6) is 0 Å². The van der Waals surface area contributed by atoms with Gasteiger partial charge in [-0.15, -0.1) is 0 Å². The van der Waals surface area contributed by atoms with Gasteiger partial charge in [-0.2, -0.15) is 50.5 Å². The van der Waals surface area contributed by atoms with E-state index in [0.29, 0.717) is 0 Å². The van der Waals surface area contributed by atoms with Crippen LogP contribution in [0.4, 0.5) is 0 Å². The maximum atomic E-state index is 3.53. The first-order valence-electron chi connectivity index (χ1n) is 1.79. The zero-order chi connectivity index (χ0) is 8.00. The molecule has 0 saturated heterocycles. The van der Waals surface area contributed by atoms with E-state index in [-0.39, 0.29) is 23.9 Å². The summed E-state index contributed by atoms with van der Waals surface area (Å²) in [6.07, 6.45) is 6.78. The normalized spacial score (nSPS) is 2.67. The van der Waals surface area contributed by atoms with E-state index in [0.717, 1.165) is 0 Å². The van der Waals surface area contributed by atoms with Gasteiger partial charge in [-0.05, 0) is 25.0 Å². The Bertz CT molecular complexity index is 12.5. The van der Waals surface area contributed by atoms with Crippen LogP contribution in [-0.4, -0.2) is 48.9 Å². The third-order valence-electron chi connectivity index (χ3n) is 0. The molecule has 60 valence electrons. The van der Waals surface area contributed by atoms with Crippen molar-refractivity contribution in [3.63, 3.8) is 0 Å². The molecule has 0 aromatic heterocycles. The molecule has 0 fully saturated rings. The van der Waals surface area contributed by atoms with Crippen molar-refractivity contribution in [2.24, 2.45) is 0 Å². The summed E-state index contributed by atoms with van der Waals surface area (Å²) in [4.78, 5) is 0. The molecule has 9 heavy (non-hydrogen) atoms. The maximum absolute atomic E-state index is 3.53. The number of hydrogen-bond donors (Lipinski definition) is 4. The summed E-state index contributed by atoms with van der Waals surface area (Å²) in [5.74, 6) is 0. The molecule has 0 aliphatic heterocycles. The summed E-state index contributed by atoms with van der Waals surface area (Å²) >= 11 is 14.1. The summed E-state index contributed by atoms with van der Waals surface area (Å²) in [5.41, 5.74) is 0. The summed E-state index contributed by atoms with van der Waals surface area (Å²) < 4.78 is 0. The SMILES string of the molecule is CS.CS.CS.CS.[Sn]. The van der Waals surface area contributed by atoms with Crippen LogP contribution in [0.3, 0.4) is 0 Å². The number of rotatable bonds is 0. The van der Waals surface area contributed by atoms with Crippen molar-refractivity contribution in [1.82, 2.24) is 0 Å². The zero-order valence-corrected chi connectivity index (χ0v) is 12.7. The second-order valence-corrected chi connectivity index (χ2v) is 0. The van der Waals surface area contributed by atoms with Crippen molar-refractivity contribution in [3.05, 3.63) is 0 Å². The van der Waals surface area contributed by atoms with Gasteiger partial charge in [0, 0.05) is 23.9 Å². The minimum absolute atomic E-state index is 0. The molecule has 0 aliphatic rings. The van der Waals surface area contributed by atoms with Crippen molar-refractivity contribution < 1.29 is 0 Å². The van der Waals surface area contributed by atoms with Crippen LogP contribution < -0.4 is 0 Å². The van der Waals surface area contributed by atoms with Gasteiger partial charge in [0.15, 0.2) is 0 Å². The second kappa shape index (κ2) is 179. The van der Waals surface area contributed by atoms with Crippen LogP contribution in [0.1, 0.15) is 0 Å². The molecule has 4 radical (unpaired) electrons. The number of hydrogen-bond acceptors (Lipinski definition) is 4. The molecule has 5 heteroatoms. The van der Waals surface area contributed by atoms with E-state index in [9.17, 15) is 0 Å². The van der Waals surface area contributed by atoms with Crippen LogP contribution in [0, 0.1) is 0 Å². The minimum Gasteiger partial charge on any atom is -0.183 e. The number of thiol groups is 4. The first kappa shape index (κ1) is 30.3. The van der Waals surface area contributed by atoms with Crippen molar-refractivity contribution in [2.75, 3.05) is 25.0 Å². The smallest absolute Gasteiger partial charge is 0 e. The van der Waals surface area contributed by atoms with Crippen LogP contribution in [0.15, 0.2) is 0 Å². The zero-order valence-electron chi connectivity index (χ0n) is 6.29. The van der Waals surface area contributed by atoms with Gasteiger partial charge in [-0.25, -0.2) is 0 Å². The first-order valence-corrected chi connectivity index (χ1v) is 5.37. The summed E-state index contributed by atoms with van der Waals surface area (Å²) in [7, 11) is 0. The van der Waals surface area contributed by atoms with Crippen molar-refractivity contribution in [1.29, 1.82) is 0 Å². The predicted molar refractivity (Wildman–Crippen MR) is 65.4 cm³/mol. The Balaban J connectivity index is -0.00000000762. The third kappa shape index (κ3) is 142. The standard InChI is InChI=1S/4CH4S.Sn/c4*1-2;/h4*2H,1H3;. The largest absolute Gasteiger partial charge is 0.183 e. The average molecular weight is 311 g/mol. The van der Waals surface area contributed by atoms with Gasteiger partial charge in [0.25, 0.3) is 0 Å². The molecule has 0 nitrogen and oxygen atoms in total. The van der Waals surface area contributed by atoms with Gasteiger partial charge >= 0.3 is 0 Å². The van der Waals surface area contributed by atoms with E-state index in [2.05, 4.69) is 50.5 Å². The van der Waals surface area contributed by atoms with E-state index in [1.54, 1.807) is 25.0 Å². The van der Waals surface area contributed by atoms with Crippen LogP contribution in [0.2, 0.25) is 0 Å². The van der Waals surface area contributed by atoms with Gasteiger partial charge in [0.05, 0.1) is 0 Å². The molecule has 0 unspecified atom stereocenters. The van der Waals surface area contributed by atoms with Crippen LogP contribution in [0.25, 0.3) is 0 Å². The van der Waals surface area contributed by atoms with Crippen LogP contribution >= 0.6 is 50.5 Å². The topological polar surface area (TPSA) is 0 Å². The summed E-state index contributed by atoms with van der Waals surface area (Å²) in [6.45, 7) is 0. The molecule has 0 aromatic rings. The van der Waals surface area contributed by atoms with Crippen molar-refractivity contribution in [3.8, 4) is 0 Å². The quantitative estimate of drug-likeness (QED) is 0.381. The van der Waals surface area contributed by atoms with Gasteiger partial charge in [-0.1, -0.05) is 0 Å². The van der Waals surface area contributed by atoms with E-state index in [1.807, 2.05) is 0 Å². The van der Waals surface area contributed by atoms with E-state index < -0.39 is 0 Å². The third-order valence-corrected chi connectivity index (χ3v) is 0. The Kier molecular flexibility index (Phi) is 601. The van der Waals surface area contributed by atoms with Crippen molar-refractivity contribution >= 4 is 74.4 Å². The van der Waals surface area contributed by atoms with E-state index in [1.165, 1.54) is 0 Å². The minimum atomic E-state index is 0. The van der Waals surface area contributed by atoms with Crippen molar-refractivity contribution in [2.45, 2.75) is 0 Å². The molecule has 0 bridgehead atoms. The fraction of sp³-hybridized carbons (Fsp3) is 1.00. The summed E-state index contributed by atoms with van der Waals surface area (Å²) in [6, 6.07) is 0. The van der Waals surface area contributed by atoms with Gasteiger partial charge in [-0.3, -0.25) is 0 Å². The molecular formula is C4H16S4Sn. The molecule has 0 N–H and O–H groups in total. The Labute approximate surface area is 98.6 Å². The van der Waals surface area contributed by atoms with Gasteiger partial charge in [0.2, 0.25) is 0 Å². The monoisotopic (exact) mass is 312 g/mol. The maximum Gasteiger partial charge on any atom is 0 e. The Hall–Kier alpha value is 2.20. The molecule has 0 atom stereocenters. The van der Waals surface area contributed by atoms with E-state index >= 15 is 0 Å². The van der Waals surface area contributed by atoms with Crippen LogP contribution in [-0.2, 0) is 0 Å². The molecule has 0 spiro atoms. The molecule has 0 heterocycles. The molecular weight excluding hydrogens is 295 g/mol. The second-order valence-electron chi connectivity index (χ2n) is 0. The molecule has 0 aromatic carbocycles. The first-order chi connectivity index (χ1) is 4.00. The molecule has 0 amide bonds. The fourth-order valence-corrected chi connectivity index (χ4v) is 0. The molecule has 0 aliphatic carbocycles. The predicted octanol–water partition coefficient (Wildman–Crippen LogP) is 1.80. The summed E-state index contributed by atoms with van der Waals surface area (Å²) in [5, 5.41) is 0. The fourth-order valence-electron chi connectivity index (χ4n) is 0. The Morgan fingerprint density at radius 2 is 0.444 bits per heavy atom. The Morgan fingerprint density at radius 1 is 0.444 bits per heavy atom. The molecule has 0 saturated carbocycles. The molecule has 0 rings (SSSR count). The Morgan fingerprint density at radius 3 is 0.444 bits per heavy atom.